The van der Waals surface area contributed by atoms with E-state index < -0.39 is 18.8 Å². The first-order chi connectivity index (χ1) is 4.20. The van der Waals surface area contributed by atoms with E-state index in [-0.39, 0.29) is 6.42 Å². The van der Waals surface area contributed by atoms with Gasteiger partial charge in [0.2, 0.25) is 0 Å². The molecule has 9 heavy (non-hydrogen) atoms. The van der Waals surface area contributed by atoms with Gasteiger partial charge in [-0.05, 0) is 0 Å². The third-order valence-corrected chi connectivity index (χ3v) is 0.881. The van der Waals surface area contributed by atoms with Gasteiger partial charge in [-0.15, -0.1) is 0 Å². The summed E-state index contributed by atoms with van der Waals surface area (Å²) in [6.45, 7) is -0.426. The molecule has 4 heteroatoms. The smallest absolute Gasteiger partial charge is 0.148 e. The van der Waals surface area contributed by atoms with Gasteiger partial charge in [0, 0.05) is 6.42 Å². The van der Waals surface area contributed by atoms with Crippen molar-refractivity contribution in [3.63, 3.8) is 0 Å². The maximum atomic E-state index is 9.71. The van der Waals surface area contributed by atoms with Crippen LogP contribution in [0, 0.1) is 0 Å². The van der Waals surface area contributed by atoms with Crippen LogP contribution in [0.2, 0.25) is 0 Å². The lowest BCUT2D eigenvalue weighted by atomic mass is 10.2. The summed E-state index contributed by atoms with van der Waals surface area (Å²) in [4.78, 5) is 9.71. The van der Waals surface area contributed by atoms with Gasteiger partial charge in [0.15, 0.2) is 0 Å². The second kappa shape index (κ2) is 4.43. The Kier molecular flexibility index (Phi) is 4.21. The highest BCUT2D eigenvalue weighted by molar-refractivity contribution is 5.55. The summed E-state index contributed by atoms with van der Waals surface area (Å²) in [6.07, 6.45) is -1.93. The zero-order valence-electron chi connectivity index (χ0n) is 4.90. The molecule has 0 rings (SSSR count). The minimum atomic E-state index is -1.16. The van der Waals surface area contributed by atoms with Crippen LogP contribution in [0.4, 0.5) is 0 Å². The molecule has 0 saturated heterocycles. The van der Waals surface area contributed by atoms with Crippen LogP contribution in [0.1, 0.15) is 6.42 Å². The number of carbonyl (C=O) groups is 1. The molecule has 0 aromatic heterocycles. The van der Waals surface area contributed by atoms with E-state index in [1.54, 1.807) is 0 Å². The molecular formula is C5H10O4. The monoisotopic (exact) mass is 134 g/mol. The van der Waals surface area contributed by atoms with E-state index >= 15 is 0 Å². The average molecular weight is 134 g/mol. The highest BCUT2D eigenvalue weighted by Gasteiger charge is 2.08. The predicted molar refractivity (Wildman–Crippen MR) is 29.8 cm³/mol. The first-order valence-electron chi connectivity index (χ1n) is 2.63. The van der Waals surface area contributed by atoms with Gasteiger partial charge in [-0.2, -0.15) is 0 Å². The molecule has 0 saturated carbocycles. The molecule has 3 N–H and O–H groups in total. The summed E-state index contributed by atoms with van der Waals surface area (Å²) in [5.74, 6) is 0. The summed E-state index contributed by atoms with van der Waals surface area (Å²) in [6, 6.07) is 0. The van der Waals surface area contributed by atoms with Gasteiger partial charge in [0.1, 0.15) is 12.4 Å². The first kappa shape index (κ1) is 8.55. The van der Waals surface area contributed by atoms with Crippen LogP contribution in [0.15, 0.2) is 0 Å². The zero-order chi connectivity index (χ0) is 7.28. The lowest BCUT2D eigenvalue weighted by molar-refractivity contribution is -0.116. The molecule has 0 aromatic rings. The number of aliphatic hydroxyl groups is 3. The van der Waals surface area contributed by atoms with E-state index in [1.807, 2.05) is 0 Å². The van der Waals surface area contributed by atoms with Crippen LogP contribution < -0.4 is 0 Å². The van der Waals surface area contributed by atoms with Gasteiger partial charge in [-0.1, -0.05) is 0 Å². The van der Waals surface area contributed by atoms with Crippen molar-refractivity contribution in [1.82, 2.24) is 0 Å². The lowest BCUT2D eigenvalue weighted by Crippen LogP contribution is -2.21. The minimum Gasteiger partial charge on any atom is -0.394 e. The Morgan fingerprint density at radius 2 is 2.00 bits per heavy atom. The summed E-state index contributed by atoms with van der Waals surface area (Å²) < 4.78 is 0. The number of hydrogen-bond acceptors (Lipinski definition) is 4. The number of aldehydes is 1. The van der Waals surface area contributed by atoms with Crippen molar-refractivity contribution in [2.45, 2.75) is 18.6 Å². The van der Waals surface area contributed by atoms with Gasteiger partial charge in [0.25, 0.3) is 0 Å². The molecule has 4 nitrogen and oxygen atoms in total. The molecule has 0 aliphatic carbocycles. The van der Waals surface area contributed by atoms with Crippen molar-refractivity contribution in [3.05, 3.63) is 0 Å². The third-order valence-electron chi connectivity index (χ3n) is 0.881. The Hall–Kier alpha value is -0.450. The fourth-order valence-corrected chi connectivity index (χ4v) is 0.409. The number of aliphatic hydroxyl groups excluding tert-OH is 3. The molecule has 2 atom stereocenters. The maximum absolute atomic E-state index is 9.71. The Balaban J connectivity index is 3.33. The van der Waals surface area contributed by atoms with Crippen molar-refractivity contribution in [2.75, 3.05) is 6.61 Å². The summed E-state index contributed by atoms with van der Waals surface area (Å²) in [7, 11) is 0. The van der Waals surface area contributed by atoms with Gasteiger partial charge < -0.3 is 20.1 Å². The average Bonchev–Trinajstić information content (AvgIpc) is 1.87. The van der Waals surface area contributed by atoms with Gasteiger partial charge in [0.05, 0.1) is 12.7 Å². The Bertz CT molecular complexity index is 83.0. The molecule has 0 unspecified atom stereocenters. The van der Waals surface area contributed by atoms with E-state index in [4.69, 9.17) is 15.3 Å². The second-order valence-electron chi connectivity index (χ2n) is 1.78. The largest absolute Gasteiger partial charge is 0.394 e. The van der Waals surface area contributed by atoms with Crippen molar-refractivity contribution in [1.29, 1.82) is 0 Å². The van der Waals surface area contributed by atoms with Crippen LogP contribution in [-0.4, -0.2) is 40.4 Å². The molecule has 0 fully saturated rings. The van der Waals surface area contributed by atoms with Gasteiger partial charge >= 0.3 is 0 Å². The van der Waals surface area contributed by atoms with Crippen molar-refractivity contribution in [3.8, 4) is 0 Å². The predicted octanol–water partition coefficient (Wildman–Crippen LogP) is -1.71. The van der Waals surface area contributed by atoms with Crippen molar-refractivity contribution in [2.24, 2.45) is 0 Å². The second-order valence-corrected chi connectivity index (χ2v) is 1.78. The fraction of sp³-hybridized carbons (Fsp3) is 0.800. The molecule has 0 aromatic carbocycles. The molecule has 0 heterocycles. The highest BCUT2D eigenvalue weighted by atomic mass is 16.3. The van der Waals surface area contributed by atoms with E-state index in [0.29, 0.717) is 6.29 Å². The minimum absolute atomic E-state index is 0.0972. The number of hydrogen-bond donors (Lipinski definition) is 3. The van der Waals surface area contributed by atoms with Gasteiger partial charge in [-0.3, -0.25) is 0 Å². The Morgan fingerprint density at radius 1 is 1.44 bits per heavy atom. The topological polar surface area (TPSA) is 77.8 Å². The standard InChI is InChI=1S/C5H10O4/c6-2-4(8)1-5(9)3-7/h2,4-5,7-9H,1,3H2/t4-,5+/m1/s1. The zero-order valence-corrected chi connectivity index (χ0v) is 4.90. The molecule has 54 valence electrons. The van der Waals surface area contributed by atoms with E-state index in [1.165, 1.54) is 0 Å². The summed E-state index contributed by atoms with van der Waals surface area (Å²) >= 11 is 0. The fourth-order valence-electron chi connectivity index (χ4n) is 0.409. The lowest BCUT2D eigenvalue weighted by Gasteiger charge is -2.06. The first-order valence-corrected chi connectivity index (χ1v) is 2.63. The number of carbonyl (C=O) groups excluding carboxylic acids is 1. The van der Waals surface area contributed by atoms with E-state index in [9.17, 15) is 4.79 Å². The molecule has 0 aliphatic rings. The molecule has 0 aliphatic heterocycles. The van der Waals surface area contributed by atoms with E-state index in [0.717, 1.165) is 0 Å². The van der Waals surface area contributed by atoms with E-state index in [2.05, 4.69) is 0 Å². The molecular weight excluding hydrogens is 124 g/mol. The summed E-state index contributed by atoms with van der Waals surface area (Å²) in [5, 5.41) is 25.3. The normalized spacial score (nSPS) is 16.8. The molecule has 0 spiro atoms. The van der Waals surface area contributed by atoms with Crippen LogP contribution >= 0.6 is 0 Å². The summed E-state index contributed by atoms with van der Waals surface area (Å²) in [5.41, 5.74) is 0. The van der Waals surface area contributed by atoms with Crippen molar-refractivity contribution >= 4 is 6.29 Å². The maximum Gasteiger partial charge on any atom is 0.148 e. The molecule has 0 radical (unpaired) electrons. The van der Waals surface area contributed by atoms with Crippen LogP contribution in [0.5, 0.6) is 0 Å². The quantitative estimate of drug-likeness (QED) is 0.400. The molecule has 0 bridgehead atoms. The highest BCUT2D eigenvalue weighted by Crippen LogP contribution is 1.93. The van der Waals surface area contributed by atoms with Crippen LogP contribution in [0.25, 0.3) is 0 Å². The van der Waals surface area contributed by atoms with Crippen LogP contribution in [0.3, 0.4) is 0 Å². The SMILES string of the molecule is O=C[C@H](O)C[C@H](O)CO. The number of rotatable bonds is 4. The van der Waals surface area contributed by atoms with Crippen molar-refractivity contribution < 1.29 is 20.1 Å². The Labute approximate surface area is 52.7 Å². The molecule has 0 amide bonds. The Morgan fingerprint density at radius 3 is 2.33 bits per heavy atom. The third kappa shape index (κ3) is 4.08. The van der Waals surface area contributed by atoms with Crippen LogP contribution in [-0.2, 0) is 4.79 Å². The van der Waals surface area contributed by atoms with Gasteiger partial charge in [-0.25, -0.2) is 0 Å².